The number of aromatic nitrogens is 1. The van der Waals surface area contributed by atoms with Crippen LogP contribution < -0.4 is 5.73 Å². The Hall–Kier alpha value is -1.32. The first-order valence-corrected chi connectivity index (χ1v) is 5.67. The van der Waals surface area contributed by atoms with Crippen LogP contribution in [0.3, 0.4) is 0 Å². The second-order valence-corrected chi connectivity index (χ2v) is 4.18. The summed E-state index contributed by atoms with van der Waals surface area (Å²) in [5, 5.41) is 10.0. The molecule has 1 aromatic heterocycles. The molecule has 16 heavy (non-hydrogen) atoms. The number of benzene rings is 1. The molecule has 0 aliphatic rings. The molecule has 2 aromatic rings. The van der Waals surface area contributed by atoms with Crippen LogP contribution in [0.2, 0.25) is 0 Å². The van der Waals surface area contributed by atoms with E-state index >= 15 is 0 Å². The van der Waals surface area contributed by atoms with Gasteiger partial charge in [0.05, 0.1) is 0 Å². The van der Waals surface area contributed by atoms with E-state index in [9.17, 15) is 0 Å². The summed E-state index contributed by atoms with van der Waals surface area (Å²) >= 11 is 0. The fraction of sp³-hybridized carbons (Fsp3) is 0.385. The van der Waals surface area contributed by atoms with Gasteiger partial charge in [0.2, 0.25) is 0 Å². The van der Waals surface area contributed by atoms with Crippen LogP contribution in [0.5, 0.6) is 0 Å². The summed E-state index contributed by atoms with van der Waals surface area (Å²) in [6.45, 7) is 2.25. The number of hydrogen-bond donors (Lipinski definition) is 3. The summed E-state index contributed by atoms with van der Waals surface area (Å²) < 4.78 is 0. The van der Waals surface area contributed by atoms with Crippen LogP contribution >= 0.6 is 0 Å². The quantitative estimate of drug-likeness (QED) is 0.737. The van der Waals surface area contributed by atoms with Gasteiger partial charge in [0.1, 0.15) is 0 Å². The highest BCUT2D eigenvalue weighted by atomic mass is 16.2. The van der Waals surface area contributed by atoms with Crippen molar-refractivity contribution < 1.29 is 5.11 Å². The number of para-hydroxylation sites is 1. The molecule has 0 radical (unpaired) electrons. The highest BCUT2D eigenvalue weighted by molar-refractivity contribution is 5.85. The zero-order valence-corrected chi connectivity index (χ0v) is 9.53. The minimum Gasteiger partial charge on any atom is -0.396 e. The highest BCUT2D eigenvalue weighted by Gasteiger charge is 2.14. The first kappa shape index (κ1) is 11.2. The zero-order valence-electron chi connectivity index (χ0n) is 9.53. The Kier molecular flexibility index (Phi) is 3.27. The molecule has 3 heteroatoms. The third kappa shape index (κ3) is 1.96. The predicted octanol–water partition coefficient (Wildman–Crippen LogP) is 2.25. The SMILES string of the molecule is Cc1[nH]c2ccccc2c1[C@H](N)CCCO. The van der Waals surface area contributed by atoms with E-state index in [2.05, 4.69) is 17.1 Å². The summed E-state index contributed by atoms with van der Waals surface area (Å²) in [6.07, 6.45) is 1.57. The van der Waals surface area contributed by atoms with Crippen molar-refractivity contribution in [3.8, 4) is 0 Å². The predicted molar refractivity (Wildman–Crippen MR) is 66.3 cm³/mol. The van der Waals surface area contributed by atoms with E-state index in [1.54, 1.807) is 0 Å². The van der Waals surface area contributed by atoms with E-state index < -0.39 is 0 Å². The highest BCUT2D eigenvalue weighted by Crippen LogP contribution is 2.28. The molecule has 1 aromatic carbocycles. The smallest absolute Gasteiger partial charge is 0.0459 e. The van der Waals surface area contributed by atoms with Crippen LogP contribution in [-0.4, -0.2) is 16.7 Å². The molecule has 86 valence electrons. The van der Waals surface area contributed by atoms with E-state index in [0.29, 0.717) is 0 Å². The second-order valence-electron chi connectivity index (χ2n) is 4.18. The van der Waals surface area contributed by atoms with E-state index in [1.807, 2.05) is 19.1 Å². The average Bonchev–Trinajstić information content (AvgIpc) is 2.62. The lowest BCUT2D eigenvalue weighted by molar-refractivity contribution is 0.280. The molecular formula is C13H18N2O. The van der Waals surface area contributed by atoms with E-state index in [1.165, 1.54) is 10.9 Å². The summed E-state index contributed by atoms with van der Waals surface area (Å²) in [7, 11) is 0. The zero-order chi connectivity index (χ0) is 11.5. The molecule has 0 unspecified atom stereocenters. The number of fused-ring (bicyclic) bond motifs is 1. The van der Waals surface area contributed by atoms with E-state index in [-0.39, 0.29) is 12.6 Å². The average molecular weight is 218 g/mol. The van der Waals surface area contributed by atoms with Crippen LogP contribution in [0.4, 0.5) is 0 Å². The molecule has 0 bridgehead atoms. The minimum absolute atomic E-state index is 0.00306. The molecule has 0 aliphatic carbocycles. The molecule has 1 atom stereocenters. The van der Waals surface area contributed by atoms with Gasteiger partial charge in [-0.05, 0) is 31.4 Å². The molecule has 3 nitrogen and oxygen atoms in total. The van der Waals surface area contributed by atoms with Crippen molar-refractivity contribution in [1.82, 2.24) is 4.98 Å². The molecular weight excluding hydrogens is 200 g/mol. The molecule has 0 spiro atoms. The van der Waals surface area contributed by atoms with Crippen LogP contribution in [0.25, 0.3) is 10.9 Å². The third-order valence-corrected chi connectivity index (χ3v) is 2.99. The Morgan fingerprint density at radius 3 is 2.88 bits per heavy atom. The van der Waals surface area contributed by atoms with Gasteiger partial charge < -0.3 is 15.8 Å². The van der Waals surface area contributed by atoms with E-state index in [0.717, 1.165) is 24.1 Å². The number of aromatic amines is 1. The maximum atomic E-state index is 8.83. The lowest BCUT2D eigenvalue weighted by Gasteiger charge is -2.11. The van der Waals surface area contributed by atoms with Crippen molar-refractivity contribution in [3.05, 3.63) is 35.5 Å². The molecule has 1 heterocycles. The monoisotopic (exact) mass is 218 g/mol. The Morgan fingerprint density at radius 1 is 1.38 bits per heavy atom. The van der Waals surface area contributed by atoms with Gasteiger partial charge in [-0.2, -0.15) is 0 Å². The molecule has 0 saturated carbocycles. The molecule has 4 N–H and O–H groups in total. The molecule has 0 fully saturated rings. The molecule has 2 rings (SSSR count). The van der Waals surface area contributed by atoms with Crippen molar-refractivity contribution in [2.24, 2.45) is 5.73 Å². The molecule has 0 aliphatic heterocycles. The van der Waals surface area contributed by atoms with Crippen molar-refractivity contribution in [2.45, 2.75) is 25.8 Å². The maximum absolute atomic E-state index is 8.83. The number of H-pyrrole nitrogens is 1. The largest absolute Gasteiger partial charge is 0.396 e. The Bertz CT molecular complexity index is 476. The van der Waals surface area contributed by atoms with Gasteiger partial charge in [0.25, 0.3) is 0 Å². The topological polar surface area (TPSA) is 62.0 Å². The number of aliphatic hydroxyl groups excluding tert-OH is 1. The Morgan fingerprint density at radius 2 is 2.12 bits per heavy atom. The molecule has 0 amide bonds. The standard InChI is InChI=1S/C13H18N2O/c1-9-13(11(14)6-4-8-16)10-5-2-3-7-12(10)15-9/h2-3,5,7,11,15-16H,4,6,8,14H2,1H3/t11-/m1/s1. The van der Waals surface area contributed by atoms with Crippen LogP contribution in [0, 0.1) is 6.92 Å². The normalized spacial score (nSPS) is 13.2. The Labute approximate surface area is 95.3 Å². The summed E-state index contributed by atoms with van der Waals surface area (Å²) in [5.41, 5.74) is 9.61. The van der Waals surface area contributed by atoms with Crippen molar-refractivity contribution >= 4 is 10.9 Å². The van der Waals surface area contributed by atoms with Crippen LogP contribution in [-0.2, 0) is 0 Å². The number of aryl methyl sites for hydroxylation is 1. The second kappa shape index (κ2) is 4.68. The van der Waals surface area contributed by atoms with Crippen molar-refractivity contribution in [2.75, 3.05) is 6.61 Å². The number of rotatable bonds is 4. The van der Waals surface area contributed by atoms with Gasteiger partial charge >= 0.3 is 0 Å². The van der Waals surface area contributed by atoms with Crippen LogP contribution in [0.15, 0.2) is 24.3 Å². The maximum Gasteiger partial charge on any atom is 0.0459 e. The van der Waals surface area contributed by atoms with Crippen molar-refractivity contribution in [3.63, 3.8) is 0 Å². The fourth-order valence-electron chi connectivity index (χ4n) is 2.23. The minimum atomic E-state index is 0.00306. The lowest BCUT2D eigenvalue weighted by Crippen LogP contribution is -2.11. The first-order chi connectivity index (χ1) is 7.74. The van der Waals surface area contributed by atoms with Gasteiger partial charge in [-0.25, -0.2) is 0 Å². The van der Waals surface area contributed by atoms with Gasteiger partial charge in [-0.15, -0.1) is 0 Å². The summed E-state index contributed by atoms with van der Waals surface area (Å²) in [6, 6.07) is 8.19. The van der Waals surface area contributed by atoms with E-state index in [4.69, 9.17) is 10.8 Å². The fourth-order valence-corrected chi connectivity index (χ4v) is 2.23. The molecule has 0 saturated heterocycles. The lowest BCUT2D eigenvalue weighted by atomic mass is 10.00. The number of hydrogen-bond acceptors (Lipinski definition) is 2. The number of nitrogens with one attached hydrogen (secondary N) is 1. The van der Waals surface area contributed by atoms with Gasteiger partial charge in [-0.3, -0.25) is 0 Å². The van der Waals surface area contributed by atoms with Crippen molar-refractivity contribution in [1.29, 1.82) is 0 Å². The van der Waals surface area contributed by atoms with Gasteiger partial charge in [-0.1, -0.05) is 18.2 Å². The van der Waals surface area contributed by atoms with Gasteiger partial charge in [0.15, 0.2) is 0 Å². The summed E-state index contributed by atoms with van der Waals surface area (Å²) in [5.74, 6) is 0. The van der Waals surface area contributed by atoms with Gasteiger partial charge in [0, 0.05) is 29.2 Å². The first-order valence-electron chi connectivity index (χ1n) is 5.67. The van der Waals surface area contributed by atoms with Crippen LogP contribution in [0.1, 0.15) is 30.1 Å². The summed E-state index contributed by atoms with van der Waals surface area (Å²) in [4.78, 5) is 3.34. The Balaban J connectivity index is 2.38. The number of nitrogens with two attached hydrogens (primary N) is 1. The third-order valence-electron chi connectivity index (χ3n) is 2.99. The number of aliphatic hydroxyl groups is 1.